The number of carbonyl (C=O) groups excluding carboxylic acids is 2. The van der Waals surface area contributed by atoms with Crippen molar-refractivity contribution in [2.24, 2.45) is 5.73 Å². The third-order valence-electron chi connectivity index (χ3n) is 5.28. The fourth-order valence-electron chi connectivity index (χ4n) is 3.77. The van der Waals surface area contributed by atoms with Gasteiger partial charge < -0.3 is 11.1 Å². The predicted octanol–water partition coefficient (Wildman–Crippen LogP) is 3.10. The van der Waals surface area contributed by atoms with E-state index in [9.17, 15) is 9.59 Å². The molecule has 0 atom stereocenters. The Labute approximate surface area is 173 Å². The zero-order valence-corrected chi connectivity index (χ0v) is 17.0. The highest BCUT2D eigenvalue weighted by Crippen LogP contribution is 2.23. The Morgan fingerprint density at radius 3 is 2.60 bits per heavy atom. The van der Waals surface area contributed by atoms with E-state index in [0.29, 0.717) is 24.1 Å². The molecule has 2 heterocycles. The summed E-state index contributed by atoms with van der Waals surface area (Å²) in [6, 6.07) is 15.1. The first-order valence-electron chi connectivity index (χ1n) is 9.83. The van der Waals surface area contributed by atoms with Gasteiger partial charge >= 0.3 is 0 Å². The SMILES string of the molecule is Cc1nc2c3ccccc3nn2c(C)c1CCC(=O)Nc1ccccc1CC(N)=O. The number of para-hydroxylation sites is 1. The Bertz CT molecular complexity index is 1280. The van der Waals surface area contributed by atoms with Gasteiger partial charge in [0.05, 0.1) is 11.9 Å². The Morgan fingerprint density at radius 1 is 1.07 bits per heavy atom. The van der Waals surface area contributed by atoms with Crippen molar-refractivity contribution in [3.8, 4) is 0 Å². The zero-order valence-electron chi connectivity index (χ0n) is 17.0. The lowest BCUT2D eigenvalue weighted by Crippen LogP contribution is -2.18. The number of fused-ring (bicyclic) bond motifs is 3. The summed E-state index contributed by atoms with van der Waals surface area (Å²) >= 11 is 0. The second kappa shape index (κ2) is 7.94. The molecule has 4 aromatic rings. The number of nitrogens with zero attached hydrogens (tertiary/aromatic N) is 3. The number of primary amides is 1. The van der Waals surface area contributed by atoms with Crippen molar-refractivity contribution in [2.45, 2.75) is 33.1 Å². The van der Waals surface area contributed by atoms with E-state index in [2.05, 4.69) is 10.4 Å². The number of rotatable bonds is 6. The molecule has 30 heavy (non-hydrogen) atoms. The molecule has 2 amide bonds. The van der Waals surface area contributed by atoms with Gasteiger partial charge in [-0.25, -0.2) is 9.50 Å². The van der Waals surface area contributed by atoms with Gasteiger partial charge in [0.2, 0.25) is 11.8 Å². The third kappa shape index (κ3) is 3.74. The minimum atomic E-state index is -0.436. The van der Waals surface area contributed by atoms with Crippen molar-refractivity contribution < 1.29 is 9.59 Å². The molecule has 0 saturated heterocycles. The summed E-state index contributed by atoms with van der Waals surface area (Å²) in [5.41, 5.74) is 11.2. The second-order valence-corrected chi connectivity index (χ2v) is 7.36. The third-order valence-corrected chi connectivity index (χ3v) is 5.28. The van der Waals surface area contributed by atoms with Crippen molar-refractivity contribution >= 4 is 34.1 Å². The lowest BCUT2D eigenvalue weighted by Gasteiger charge is -2.12. The van der Waals surface area contributed by atoms with Crippen LogP contribution >= 0.6 is 0 Å². The molecule has 152 valence electrons. The number of hydrogen-bond donors (Lipinski definition) is 2. The van der Waals surface area contributed by atoms with Gasteiger partial charge in [-0.15, -0.1) is 0 Å². The maximum Gasteiger partial charge on any atom is 0.224 e. The molecule has 0 unspecified atom stereocenters. The van der Waals surface area contributed by atoms with Crippen LogP contribution < -0.4 is 11.1 Å². The standard InChI is InChI=1S/C23H23N5O2/c1-14-17(15(2)28-23(25-14)18-8-4-6-10-20(18)27-28)11-12-22(30)26-19-9-5-3-7-16(19)13-21(24)29/h3-10H,11-13H2,1-2H3,(H2,24,29)(H,26,30). The average molecular weight is 401 g/mol. The quantitative estimate of drug-likeness (QED) is 0.518. The lowest BCUT2D eigenvalue weighted by molar-refractivity contribution is -0.118. The highest BCUT2D eigenvalue weighted by atomic mass is 16.2. The number of amides is 2. The van der Waals surface area contributed by atoms with E-state index in [1.807, 2.05) is 54.8 Å². The van der Waals surface area contributed by atoms with E-state index in [4.69, 9.17) is 10.7 Å². The van der Waals surface area contributed by atoms with Gasteiger partial charge in [0, 0.05) is 28.9 Å². The molecule has 2 aromatic heterocycles. The summed E-state index contributed by atoms with van der Waals surface area (Å²) in [6.45, 7) is 3.97. The van der Waals surface area contributed by atoms with Crippen LogP contribution in [0.2, 0.25) is 0 Å². The molecule has 2 aromatic carbocycles. The van der Waals surface area contributed by atoms with Crippen molar-refractivity contribution in [3.05, 3.63) is 71.0 Å². The Kier molecular flexibility index (Phi) is 5.18. The van der Waals surface area contributed by atoms with Crippen molar-refractivity contribution in [3.63, 3.8) is 0 Å². The molecule has 4 rings (SSSR count). The summed E-state index contributed by atoms with van der Waals surface area (Å²) in [7, 11) is 0. The predicted molar refractivity (Wildman–Crippen MR) is 116 cm³/mol. The first-order chi connectivity index (χ1) is 14.4. The van der Waals surface area contributed by atoms with Gasteiger partial charge in [-0.2, -0.15) is 5.10 Å². The Hall–Kier alpha value is -3.74. The largest absolute Gasteiger partial charge is 0.369 e. The molecular formula is C23H23N5O2. The van der Waals surface area contributed by atoms with Crippen LogP contribution in [0.1, 0.15) is 28.9 Å². The fraction of sp³-hybridized carbons (Fsp3) is 0.217. The first-order valence-corrected chi connectivity index (χ1v) is 9.83. The average Bonchev–Trinajstić information content (AvgIpc) is 3.08. The van der Waals surface area contributed by atoms with Crippen LogP contribution in [0.3, 0.4) is 0 Å². The maximum absolute atomic E-state index is 12.6. The molecule has 0 radical (unpaired) electrons. The number of nitrogens with two attached hydrogens (primary N) is 1. The van der Waals surface area contributed by atoms with Crippen molar-refractivity contribution in [2.75, 3.05) is 5.32 Å². The summed E-state index contributed by atoms with van der Waals surface area (Å²) in [6.07, 6.45) is 0.920. The van der Waals surface area contributed by atoms with E-state index in [1.54, 1.807) is 12.1 Å². The minimum Gasteiger partial charge on any atom is -0.369 e. The number of nitrogens with one attached hydrogen (secondary N) is 1. The molecule has 7 nitrogen and oxygen atoms in total. The van der Waals surface area contributed by atoms with E-state index >= 15 is 0 Å². The van der Waals surface area contributed by atoms with Crippen LogP contribution in [0, 0.1) is 13.8 Å². The zero-order chi connectivity index (χ0) is 21.3. The number of benzene rings is 2. The second-order valence-electron chi connectivity index (χ2n) is 7.36. The molecule has 7 heteroatoms. The molecule has 0 bridgehead atoms. The summed E-state index contributed by atoms with van der Waals surface area (Å²) in [5.74, 6) is -0.564. The molecule has 0 fully saturated rings. The Balaban J connectivity index is 1.55. The number of carbonyl (C=O) groups is 2. The molecule has 0 spiro atoms. The van der Waals surface area contributed by atoms with E-state index in [0.717, 1.165) is 33.5 Å². The fourth-order valence-corrected chi connectivity index (χ4v) is 3.77. The van der Waals surface area contributed by atoms with Crippen molar-refractivity contribution in [1.82, 2.24) is 14.6 Å². The molecule has 0 aliphatic heterocycles. The summed E-state index contributed by atoms with van der Waals surface area (Å²) in [5, 5.41) is 8.57. The van der Waals surface area contributed by atoms with Gasteiger partial charge in [0.25, 0.3) is 0 Å². The van der Waals surface area contributed by atoms with E-state index in [1.165, 1.54) is 0 Å². The van der Waals surface area contributed by atoms with Crippen LogP contribution in [0.5, 0.6) is 0 Å². The lowest BCUT2D eigenvalue weighted by atomic mass is 10.1. The van der Waals surface area contributed by atoms with E-state index in [-0.39, 0.29) is 12.3 Å². The molecule has 0 saturated carbocycles. The van der Waals surface area contributed by atoms with Crippen LogP contribution in [0.25, 0.3) is 16.6 Å². The highest BCUT2D eigenvalue weighted by molar-refractivity contribution is 5.93. The summed E-state index contributed by atoms with van der Waals surface area (Å²) < 4.78 is 1.85. The highest BCUT2D eigenvalue weighted by Gasteiger charge is 2.15. The maximum atomic E-state index is 12.6. The first kappa shape index (κ1) is 19.6. The monoisotopic (exact) mass is 401 g/mol. The van der Waals surface area contributed by atoms with Crippen LogP contribution in [0.4, 0.5) is 5.69 Å². The van der Waals surface area contributed by atoms with Crippen LogP contribution in [-0.2, 0) is 22.4 Å². The number of aromatic nitrogens is 3. The normalized spacial score (nSPS) is 11.1. The van der Waals surface area contributed by atoms with Crippen molar-refractivity contribution in [1.29, 1.82) is 0 Å². The van der Waals surface area contributed by atoms with Gasteiger partial charge in [-0.3, -0.25) is 9.59 Å². The van der Waals surface area contributed by atoms with Gasteiger partial charge in [-0.05, 0) is 49.6 Å². The molecule has 3 N–H and O–H groups in total. The minimum absolute atomic E-state index is 0.0854. The van der Waals surface area contributed by atoms with Gasteiger partial charge in [0.15, 0.2) is 5.65 Å². The molecular weight excluding hydrogens is 378 g/mol. The smallest absolute Gasteiger partial charge is 0.224 e. The molecule has 0 aliphatic carbocycles. The number of aryl methyl sites for hydroxylation is 2. The number of anilines is 1. The van der Waals surface area contributed by atoms with Crippen LogP contribution in [-0.4, -0.2) is 26.4 Å². The number of hydrogen-bond acceptors (Lipinski definition) is 4. The summed E-state index contributed by atoms with van der Waals surface area (Å²) in [4.78, 5) is 28.6. The topological polar surface area (TPSA) is 102 Å². The Morgan fingerprint density at radius 2 is 1.80 bits per heavy atom. The van der Waals surface area contributed by atoms with Gasteiger partial charge in [-0.1, -0.05) is 30.3 Å². The van der Waals surface area contributed by atoms with E-state index < -0.39 is 5.91 Å². The van der Waals surface area contributed by atoms with Crippen LogP contribution in [0.15, 0.2) is 48.5 Å². The molecule has 0 aliphatic rings. The van der Waals surface area contributed by atoms with Gasteiger partial charge in [0.1, 0.15) is 0 Å².